The van der Waals surface area contributed by atoms with E-state index in [4.69, 9.17) is 24.8 Å². The number of hydrazine groups is 1. The predicted molar refractivity (Wildman–Crippen MR) is 81.2 cm³/mol. The number of methoxy groups -OCH3 is 2. The smallest absolute Gasteiger partial charge is 0.124 e. The molecular formula is C15H26N2O4. The monoisotopic (exact) mass is 298 g/mol. The second-order valence-corrected chi connectivity index (χ2v) is 4.49. The molecule has 1 aromatic rings. The van der Waals surface area contributed by atoms with Crippen LogP contribution in [0.15, 0.2) is 24.3 Å². The van der Waals surface area contributed by atoms with E-state index < -0.39 is 0 Å². The van der Waals surface area contributed by atoms with E-state index in [1.807, 2.05) is 24.3 Å². The van der Waals surface area contributed by atoms with E-state index in [1.54, 1.807) is 14.2 Å². The van der Waals surface area contributed by atoms with Crippen molar-refractivity contribution in [3.63, 3.8) is 0 Å². The molecule has 3 N–H and O–H groups in total. The zero-order valence-electron chi connectivity index (χ0n) is 12.8. The molecule has 0 saturated heterocycles. The fourth-order valence-electron chi connectivity index (χ4n) is 1.91. The molecule has 0 saturated carbocycles. The lowest BCUT2D eigenvalue weighted by Gasteiger charge is -2.20. The Hall–Kier alpha value is -1.18. The van der Waals surface area contributed by atoms with E-state index in [0.29, 0.717) is 33.0 Å². The maximum atomic E-state index is 5.72. The molecular weight excluding hydrogens is 272 g/mol. The zero-order chi connectivity index (χ0) is 15.3. The summed E-state index contributed by atoms with van der Waals surface area (Å²) in [5.41, 5.74) is 3.84. The van der Waals surface area contributed by atoms with Gasteiger partial charge in [-0.1, -0.05) is 18.2 Å². The van der Waals surface area contributed by atoms with E-state index in [-0.39, 0.29) is 6.04 Å². The van der Waals surface area contributed by atoms with Crippen LogP contribution in [-0.4, -0.2) is 47.3 Å². The quantitative estimate of drug-likeness (QED) is 0.344. The highest BCUT2D eigenvalue weighted by molar-refractivity contribution is 5.35. The van der Waals surface area contributed by atoms with Gasteiger partial charge in [-0.05, 0) is 12.5 Å². The van der Waals surface area contributed by atoms with Crippen LogP contribution in [0.2, 0.25) is 0 Å². The van der Waals surface area contributed by atoms with E-state index in [1.165, 1.54) is 0 Å². The lowest BCUT2D eigenvalue weighted by molar-refractivity contribution is 0.0656. The minimum Gasteiger partial charge on any atom is -0.491 e. The van der Waals surface area contributed by atoms with E-state index in [9.17, 15) is 0 Å². The van der Waals surface area contributed by atoms with Gasteiger partial charge in [-0.3, -0.25) is 11.3 Å². The summed E-state index contributed by atoms with van der Waals surface area (Å²) in [6.45, 7) is 2.84. The first kappa shape index (κ1) is 17.9. The van der Waals surface area contributed by atoms with Crippen LogP contribution in [0.3, 0.4) is 0 Å². The highest BCUT2D eigenvalue weighted by Crippen LogP contribution is 2.26. The summed E-state index contributed by atoms with van der Waals surface area (Å²) in [6.07, 6.45) is 0.755. The van der Waals surface area contributed by atoms with Crippen LogP contribution < -0.4 is 16.0 Å². The molecule has 0 spiro atoms. The molecule has 21 heavy (non-hydrogen) atoms. The lowest BCUT2D eigenvalue weighted by atomic mass is 10.0. The number of nitrogens with two attached hydrogens (primary N) is 1. The third-order valence-corrected chi connectivity index (χ3v) is 3.02. The van der Waals surface area contributed by atoms with Crippen molar-refractivity contribution in [1.29, 1.82) is 0 Å². The highest BCUT2D eigenvalue weighted by Gasteiger charge is 2.14. The van der Waals surface area contributed by atoms with Crippen molar-refractivity contribution in [2.45, 2.75) is 12.5 Å². The number of nitrogens with one attached hydrogen (secondary N) is 1. The summed E-state index contributed by atoms with van der Waals surface area (Å²) in [5.74, 6) is 6.47. The molecule has 0 bridgehead atoms. The lowest BCUT2D eigenvalue weighted by Crippen LogP contribution is -2.29. The largest absolute Gasteiger partial charge is 0.491 e. The molecule has 0 aromatic heterocycles. The van der Waals surface area contributed by atoms with Gasteiger partial charge in [0.1, 0.15) is 12.4 Å². The van der Waals surface area contributed by atoms with Crippen molar-refractivity contribution in [3.8, 4) is 5.75 Å². The van der Waals surface area contributed by atoms with Gasteiger partial charge in [0, 0.05) is 26.4 Å². The molecule has 1 atom stereocenters. The van der Waals surface area contributed by atoms with Gasteiger partial charge in [-0.25, -0.2) is 0 Å². The van der Waals surface area contributed by atoms with Gasteiger partial charge in [0.25, 0.3) is 0 Å². The molecule has 0 radical (unpaired) electrons. The SMILES string of the molecule is COCCOCCC(NN)c1ccccc1OCCOC. The average Bonchev–Trinajstić information content (AvgIpc) is 2.52. The Labute approximate surface area is 126 Å². The van der Waals surface area contributed by atoms with Gasteiger partial charge in [0.2, 0.25) is 0 Å². The maximum Gasteiger partial charge on any atom is 0.124 e. The number of hydrogen-bond donors (Lipinski definition) is 2. The molecule has 6 nitrogen and oxygen atoms in total. The van der Waals surface area contributed by atoms with Crippen LogP contribution in [-0.2, 0) is 14.2 Å². The van der Waals surface area contributed by atoms with E-state index >= 15 is 0 Å². The number of benzene rings is 1. The summed E-state index contributed by atoms with van der Waals surface area (Å²) in [4.78, 5) is 0. The molecule has 0 aliphatic carbocycles. The molecule has 6 heteroatoms. The topological polar surface area (TPSA) is 75.0 Å². The van der Waals surface area contributed by atoms with E-state index in [0.717, 1.165) is 17.7 Å². The number of hydrogen-bond acceptors (Lipinski definition) is 6. The highest BCUT2D eigenvalue weighted by atomic mass is 16.5. The van der Waals surface area contributed by atoms with Gasteiger partial charge in [0.15, 0.2) is 0 Å². The van der Waals surface area contributed by atoms with Crippen molar-refractivity contribution in [2.75, 3.05) is 47.3 Å². The van der Waals surface area contributed by atoms with Crippen molar-refractivity contribution in [1.82, 2.24) is 5.43 Å². The normalized spacial score (nSPS) is 12.3. The second-order valence-electron chi connectivity index (χ2n) is 4.49. The Morgan fingerprint density at radius 1 is 1.00 bits per heavy atom. The van der Waals surface area contributed by atoms with Crippen LogP contribution in [0.25, 0.3) is 0 Å². The third-order valence-electron chi connectivity index (χ3n) is 3.02. The maximum absolute atomic E-state index is 5.72. The molecule has 0 aliphatic heterocycles. The molecule has 0 fully saturated rings. The fraction of sp³-hybridized carbons (Fsp3) is 0.600. The number of ether oxygens (including phenoxy) is 4. The Balaban J connectivity index is 2.54. The zero-order valence-corrected chi connectivity index (χ0v) is 12.8. The van der Waals surface area contributed by atoms with Crippen molar-refractivity contribution in [3.05, 3.63) is 29.8 Å². The van der Waals surface area contributed by atoms with Crippen LogP contribution in [0.5, 0.6) is 5.75 Å². The van der Waals surface area contributed by atoms with Gasteiger partial charge >= 0.3 is 0 Å². The first-order valence-electron chi connectivity index (χ1n) is 7.07. The van der Waals surface area contributed by atoms with Crippen LogP contribution >= 0.6 is 0 Å². The summed E-state index contributed by atoms with van der Waals surface area (Å²) in [7, 11) is 3.30. The fourth-order valence-corrected chi connectivity index (χ4v) is 1.91. The summed E-state index contributed by atoms with van der Waals surface area (Å²) >= 11 is 0. The van der Waals surface area contributed by atoms with Gasteiger partial charge in [-0.2, -0.15) is 0 Å². The van der Waals surface area contributed by atoms with Crippen LogP contribution in [0.4, 0.5) is 0 Å². The van der Waals surface area contributed by atoms with Crippen molar-refractivity contribution < 1.29 is 18.9 Å². The number of para-hydroxylation sites is 1. The summed E-state index contributed by atoms with van der Waals surface area (Å²) < 4.78 is 21.1. The van der Waals surface area contributed by atoms with Gasteiger partial charge < -0.3 is 18.9 Å². The minimum absolute atomic E-state index is 0.0220. The molecule has 0 amide bonds. The minimum atomic E-state index is -0.0220. The molecule has 1 rings (SSSR count). The molecule has 0 aliphatic rings. The van der Waals surface area contributed by atoms with E-state index in [2.05, 4.69) is 5.43 Å². The number of rotatable bonds is 12. The van der Waals surface area contributed by atoms with Crippen molar-refractivity contribution in [2.24, 2.45) is 5.84 Å². The Bertz CT molecular complexity index is 376. The van der Waals surface area contributed by atoms with Crippen LogP contribution in [0.1, 0.15) is 18.0 Å². The second kappa shape index (κ2) is 11.5. The van der Waals surface area contributed by atoms with Crippen LogP contribution in [0, 0.1) is 0 Å². The molecule has 1 aromatic carbocycles. The Morgan fingerprint density at radius 3 is 2.43 bits per heavy atom. The third kappa shape index (κ3) is 6.88. The molecule has 1 unspecified atom stereocenters. The molecule has 120 valence electrons. The Kier molecular flexibility index (Phi) is 9.77. The Morgan fingerprint density at radius 2 is 1.71 bits per heavy atom. The average molecular weight is 298 g/mol. The van der Waals surface area contributed by atoms with Gasteiger partial charge in [0.05, 0.1) is 25.9 Å². The first-order chi connectivity index (χ1) is 10.3. The van der Waals surface area contributed by atoms with Gasteiger partial charge in [-0.15, -0.1) is 0 Å². The first-order valence-corrected chi connectivity index (χ1v) is 7.07. The summed E-state index contributed by atoms with van der Waals surface area (Å²) in [5, 5.41) is 0. The molecule has 0 heterocycles. The predicted octanol–water partition coefficient (Wildman–Crippen LogP) is 1.27. The standard InChI is InChI=1S/C15H26N2O4/c1-18-9-11-20-8-7-14(17-16)13-5-3-4-6-15(13)21-12-10-19-2/h3-6,14,17H,7-12,16H2,1-2H3. The summed E-state index contributed by atoms with van der Waals surface area (Å²) in [6, 6.07) is 7.82. The van der Waals surface area contributed by atoms with Crippen molar-refractivity contribution >= 4 is 0 Å².